The van der Waals surface area contributed by atoms with Gasteiger partial charge in [-0.1, -0.05) is 0 Å². The Morgan fingerprint density at radius 1 is 1.31 bits per heavy atom. The molecule has 0 saturated carbocycles. The summed E-state index contributed by atoms with van der Waals surface area (Å²) in [5.41, 5.74) is 0. The number of likely N-dealkylation sites (tertiary alicyclic amines) is 1. The van der Waals surface area contributed by atoms with Gasteiger partial charge in [0.2, 0.25) is 11.8 Å². The number of likely N-dealkylation sites (N-methyl/N-ethyl adjacent to an activating group) is 1. The van der Waals surface area contributed by atoms with Crippen molar-refractivity contribution in [3.8, 4) is 0 Å². The summed E-state index contributed by atoms with van der Waals surface area (Å²) in [6.45, 7) is 2.49. The molecule has 3 aliphatic heterocycles. The fourth-order valence-corrected chi connectivity index (χ4v) is 5.08. The highest BCUT2D eigenvalue weighted by atomic mass is 16.2. The van der Waals surface area contributed by atoms with Crippen molar-refractivity contribution in [1.29, 1.82) is 0 Å². The third-order valence-corrected chi connectivity index (χ3v) is 6.09. The largest absolute Gasteiger partial charge is 0.340 e. The van der Waals surface area contributed by atoms with Gasteiger partial charge in [0, 0.05) is 38.1 Å². The first-order chi connectivity index (χ1) is 12.5. The van der Waals surface area contributed by atoms with Gasteiger partial charge >= 0.3 is 0 Å². The molecule has 4 heterocycles. The molecular weight excluding hydrogens is 334 g/mol. The van der Waals surface area contributed by atoms with E-state index in [9.17, 15) is 9.59 Å². The average Bonchev–Trinajstić information content (AvgIpc) is 3.11. The number of carbonyl (C=O) groups excluding carboxylic acids is 2. The van der Waals surface area contributed by atoms with E-state index in [1.807, 2.05) is 4.90 Å². The van der Waals surface area contributed by atoms with Crippen molar-refractivity contribution in [3.63, 3.8) is 0 Å². The summed E-state index contributed by atoms with van der Waals surface area (Å²) >= 11 is 0. The summed E-state index contributed by atoms with van der Waals surface area (Å²) in [6, 6.07) is 0.476. The first-order valence-electron chi connectivity index (χ1n) is 9.47. The minimum atomic E-state index is 0.0613. The lowest BCUT2D eigenvalue weighted by Gasteiger charge is -2.57. The van der Waals surface area contributed by atoms with E-state index >= 15 is 0 Å². The highest BCUT2D eigenvalue weighted by molar-refractivity contribution is 5.78. The minimum absolute atomic E-state index is 0.0613. The molecule has 26 heavy (non-hydrogen) atoms. The molecule has 0 aliphatic carbocycles. The summed E-state index contributed by atoms with van der Waals surface area (Å²) in [6.07, 6.45) is 5.28. The second-order valence-electron chi connectivity index (χ2n) is 8.15. The molecule has 142 valence electrons. The van der Waals surface area contributed by atoms with Gasteiger partial charge in [-0.3, -0.25) is 9.59 Å². The van der Waals surface area contributed by atoms with E-state index in [1.54, 1.807) is 0 Å². The molecule has 0 spiro atoms. The molecule has 4 rings (SSSR count). The standard InChI is InChI=1S/C17H27N7O2/c1-21(2)9-15-13-6-12(14-4-3-5-16(25)24(14)15)7-22(8-13)17(26)10-23-11-18-19-20-23/h11-15H,3-10H2,1-2H3/t12-,13+,14+,15+/m1/s1. The van der Waals surface area contributed by atoms with Crippen LogP contribution >= 0.6 is 0 Å². The third-order valence-electron chi connectivity index (χ3n) is 6.09. The lowest BCUT2D eigenvalue weighted by Crippen LogP contribution is -2.67. The van der Waals surface area contributed by atoms with Gasteiger partial charge in [-0.15, -0.1) is 5.10 Å². The molecule has 3 aliphatic rings. The van der Waals surface area contributed by atoms with Crippen LogP contribution in [0, 0.1) is 11.8 Å². The first-order valence-corrected chi connectivity index (χ1v) is 9.47. The first kappa shape index (κ1) is 17.4. The zero-order valence-corrected chi connectivity index (χ0v) is 15.5. The van der Waals surface area contributed by atoms with E-state index in [0.717, 1.165) is 32.4 Å². The van der Waals surface area contributed by atoms with Gasteiger partial charge in [-0.05, 0) is 55.6 Å². The third kappa shape index (κ3) is 3.20. The van der Waals surface area contributed by atoms with Crippen LogP contribution in [-0.2, 0) is 16.1 Å². The minimum Gasteiger partial charge on any atom is -0.340 e. The maximum absolute atomic E-state index is 12.8. The average molecular weight is 361 g/mol. The number of piperidine rings is 3. The van der Waals surface area contributed by atoms with Crippen LogP contribution in [0.25, 0.3) is 0 Å². The van der Waals surface area contributed by atoms with E-state index < -0.39 is 0 Å². The van der Waals surface area contributed by atoms with E-state index in [-0.39, 0.29) is 24.5 Å². The van der Waals surface area contributed by atoms with Crippen molar-refractivity contribution in [2.24, 2.45) is 11.8 Å². The monoisotopic (exact) mass is 361 g/mol. The Hall–Kier alpha value is -2.03. The van der Waals surface area contributed by atoms with Crippen LogP contribution in [0.1, 0.15) is 25.7 Å². The maximum atomic E-state index is 12.8. The van der Waals surface area contributed by atoms with Crippen molar-refractivity contribution in [1.82, 2.24) is 34.9 Å². The number of rotatable bonds is 4. The van der Waals surface area contributed by atoms with Gasteiger partial charge in [0.1, 0.15) is 12.9 Å². The number of hydrogen-bond acceptors (Lipinski definition) is 6. The molecule has 1 aromatic rings. The Labute approximate surface area is 153 Å². The molecule has 1 aromatic heterocycles. The van der Waals surface area contributed by atoms with Crippen molar-refractivity contribution in [3.05, 3.63) is 6.33 Å². The number of amides is 2. The van der Waals surface area contributed by atoms with Crippen LogP contribution in [0.2, 0.25) is 0 Å². The van der Waals surface area contributed by atoms with Gasteiger partial charge in [0.05, 0.1) is 0 Å². The normalized spacial score (nSPS) is 31.3. The number of aromatic nitrogens is 4. The highest BCUT2D eigenvalue weighted by Crippen LogP contribution is 2.41. The lowest BCUT2D eigenvalue weighted by molar-refractivity contribution is -0.157. The number of carbonyl (C=O) groups is 2. The highest BCUT2D eigenvalue weighted by Gasteiger charge is 2.49. The number of hydrogen-bond donors (Lipinski definition) is 0. The van der Waals surface area contributed by atoms with Crippen molar-refractivity contribution < 1.29 is 9.59 Å². The maximum Gasteiger partial charge on any atom is 0.244 e. The second-order valence-corrected chi connectivity index (χ2v) is 8.15. The summed E-state index contributed by atoms with van der Waals surface area (Å²) in [5.74, 6) is 1.09. The fourth-order valence-electron chi connectivity index (χ4n) is 5.08. The molecule has 0 radical (unpaired) electrons. The number of fused-ring (bicyclic) bond motifs is 4. The molecule has 3 fully saturated rings. The van der Waals surface area contributed by atoms with E-state index in [2.05, 4.69) is 39.4 Å². The van der Waals surface area contributed by atoms with Crippen LogP contribution in [-0.4, -0.2) is 92.5 Å². The van der Waals surface area contributed by atoms with Crippen LogP contribution in [0.3, 0.4) is 0 Å². The lowest BCUT2D eigenvalue weighted by atomic mass is 9.72. The van der Waals surface area contributed by atoms with Gasteiger partial charge < -0.3 is 14.7 Å². The molecule has 0 unspecified atom stereocenters. The van der Waals surface area contributed by atoms with Crippen LogP contribution in [0.15, 0.2) is 6.33 Å². The zero-order chi connectivity index (χ0) is 18.3. The quantitative estimate of drug-likeness (QED) is 0.716. The molecule has 3 saturated heterocycles. The molecule has 0 aromatic carbocycles. The number of tetrazole rings is 1. The topological polar surface area (TPSA) is 87.5 Å². The van der Waals surface area contributed by atoms with Gasteiger partial charge in [0.25, 0.3) is 0 Å². The summed E-state index contributed by atoms with van der Waals surface area (Å²) in [4.78, 5) is 31.8. The van der Waals surface area contributed by atoms with Crippen LogP contribution in [0.5, 0.6) is 0 Å². The molecule has 9 nitrogen and oxygen atoms in total. The predicted octanol–water partition coefficient (Wildman–Crippen LogP) is -0.537. The predicted molar refractivity (Wildman–Crippen MR) is 92.8 cm³/mol. The SMILES string of the molecule is CN(C)C[C@H]1[C@H]2C[C@H](CN(C(=O)Cn3cnnn3)C2)[C@@H]2CCCC(=O)N21. The summed E-state index contributed by atoms with van der Waals surface area (Å²) < 4.78 is 1.47. The van der Waals surface area contributed by atoms with Crippen molar-refractivity contribution >= 4 is 11.8 Å². The Morgan fingerprint density at radius 2 is 2.12 bits per heavy atom. The Kier molecular flexibility index (Phi) is 4.64. The van der Waals surface area contributed by atoms with E-state index in [1.165, 1.54) is 11.0 Å². The number of nitrogens with zero attached hydrogens (tertiary/aromatic N) is 7. The Bertz CT molecular complexity index is 662. The molecule has 2 bridgehead atoms. The van der Waals surface area contributed by atoms with Gasteiger partial charge in [-0.25, -0.2) is 4.68 Å². The Morgan fingerprint density at radius 3 is 2.85 bits per heavy atom. The zero-order valence-electron chi connectivity index (χ0n) is 15.5. The van der Waals surface area contributed by atoms with E-state index in [0.29, 0.717) is 30.7 Å². The van der Waals surface area contributed by atoms with Gasteiger partial charge in [-0.2, -0.15) is 0 Å². The van der Waals surface area contributed by atoms with Crippen molar-refractivity contribution in [2.75, 3.05) is 33.7 Å². The van der Waals surface area contributed by atoms with Crippen LogP contribution in [0.4, 0.5) is 0 Å². The van der Waals surface area contributed by atoms with Crippen LogP contribution < -0.4 is 0 Å². The molecule has 0 N–H and O–H groups in total. The molecule has 9 heteroatoms. The second kappa shape index (κ2) is 6.94. The van der Waals surface area contributed by atoms with Gasteiger partial charge in [0.15, 0.2) is 0 Å². The van der Waals surface area contributed by atoms with E-state index in [4.69, 9.17) is 0 Å². The van der Waals surface area contributed by atoms with Crippen molar-refractivity contribution in [2.45, 2.75) is 44.3 Å². The fraction of sp³-hybridized carbons (Fsp3) is 0.824. The Balaban J connectivity index is 1.54. The summed E-state index contributed by atoms with van der Waals surface area (Å²) in [5, 5.41) is 11.0. The molecular formula is C17H27N7O2. The smallest absolute Gasteiger partial charge is 0.244 e. The summed E-state index contributed by atoms with van der Waals surface area (Å²) in [7, 11) is 4.11. The molecule has 4 atom stereocenters. The molecule has 2 amide bonds.